The molecule has 0 saturated carbocycles. The zero-order valence-corrected chi connectivity index (χ0v) is 30.3. The third-order valence-corrected chi connectivity index (χ3v) is 9.01. The minimum Gasteiger partial charge on any atom is -0.308 e. The quantitative estimate of drug-likeness (QED) is 0.146. The number of fused-ring (bicyclic) bond motifs is 2. The highest BCUT2D eigenvalue weighted by Gasteiger charge is 2.39. The van der Waals surface area contributed by atoms with E-state index in [0.29, 0.717) is 45.8 Å². The fourth-order valence-corrected chi connectivity index (χ4v) is 6.51. The van der Waals surface area contributed by atoms with Crippen LogP contribution in [0.3, 0.4) is 0 Å². The van der Waals surface area contributed by atoms with Crippen LogP contribution in [0.15, 0.2) is 109 Å². The Labute approximate surface area is 326 Å². The molecule has 59 heavy (non-hydrogen) atoms. The van der Waals surface area contributed by atoms with Gasteiger partial charge in [0.25, 0.3) is 0 Å². The zero-order chi connectivity index (χ0) is 43.2. The number of amides is 4. The molecule has 4 amide bonds. The second kappa shape index (κ2) is 15.4. The van der Waals surface area contributed by atoms with E-state index in [1.807, 2.05) is 5.32 Å². The van der Waals surface area contributed by atoms with Crippen LogP contribution in [0, 0.1) is 0 Å². The van der Waals surface area contributed by atoms with Crippen LogP contribution in [0.2, 0.25) is 0 Å². The summed E-state index contributed by atoms with van der Waals surface area (Å²) in [5.41, 5.74) is -7.99. The number of halogens is 12. The number of alkyl halides is 12. The molecule has 18 heteroatoms. The molecule has 308 valence electrons. The number of rotatable bonds is 6. The Morgan fingerprint density at radius 3 is 1.34 bits per heavy atom. The van der Waals surface area contributed by atoms with E-state index in [2.05, 4.69) is 10.6 Å². The Kier molecular flexibility index (Phi) is 11.0. The van der Waals surface area contributed by atoms with Crippen LogP contribution in [0.25, 0.3) is 32.7 Å². The Hall–Kier alpha value is -6.46. The molecule has 6 aromatic rings. The van der Waals surface area contributed by atoms with Gasteiger partial charge >= 0.3 is 36.8 Å². The summed E-state index contributed by atoms with van der Waals surface area (Å²) in [5.74, 6) is 0. The lowest BCUT2D eigenvalue weighted by atomic mass is 9.90. The van der Waals surface area contributed by atoms with Crippen molar-refractivity contribution in [2.75, 3.05) is 20.9 Å². The standard InChI is InChI=1S/C41H28F12N4O2/c1-21(2)57(37(59)55-29-19-26(40(48,49)50)16-27(20-29)41(51,52)53)33-14-12-23-8-4-6-10-31(23)35(33)34-30-9-5-3-7-22(30)11-13-32(34)56-36(58)54-28-17-24(38(42,43)44)15-25(18-28)39(45,46)47/h3-21H,1-2H3,(H,55,59)(H2,54,56,58). The Bertz CT molecular complexity index is 2510. The highest BCUT2D eigenvalue weighted by Crippen LogP contribution is 2.46. The summed E-state index contributed by atoms with van der Waals surface area (Å²) in [6.07, 6.45) is -20.8. The third-order valence-electron chi connectivity index (χ3n) is 9.01. The summed E-state index contributed by atoms with van der Waals surface area (Å²) < 4.78 is 164. The first-order valence-electron chi connectivity index (χ1n) is 17.2. The molecule has 0 spiro atoms. The van der Waals surface area contributed by atoms with Crippen LogP contribution in [-0.2, 0) is 24.7 Å². The summed E-state index contributed by atoms with van der Waals surface area (Å²) in [6, 6.07) is 17.2. The van der Waals surface area contributed by atoms with Crippen molar-refractivity contribution < 1.29 is 62.3 Å². The SMILES string of the molecule is CC(C)N(C(=O)Nc1cc(C(F)(F)F)cc(C(F)(F)F)c1)c1ccc2ccccc2c1-c1c(NC(=O)Nc2cc(C(F)(F)F)cc(C(F)(F)F)c2)ccc2ccccc12. The molecule has 0 heterocycles. The Morgan fingerprint density at radius 2 is 0.898 bits per heavy atom. The number of benzene rings is 6. The summed E-state index contributed by atoms with van der Waals surface area (Å²) in [4.78, 5) is 28.7. The molecular formula is C41H28F12N4O2. The number of carbonyl (C=O) groups is 2. The van der Waals surface area contributed by atoms with Crippen LogP contribution in [0.4, 0.5) is 85.0 Å². The molecule has 0 aliphatic carbocycles. The van der Waals surface area contributed by atoms with Crippen molar-refractivity contribution in [2.45, 2.75) is 44.6 Å². The summed E-state index contributed by atoms with van der Waals surface area (Å²) in [6.45, 7) is 3.04. The van der Waals surface area contributed by atoms with Crippen molar-refractivity contribution in [3.63, 3.8) is 0 Å². The molecule has 0 unspecified atom stereocenters. The van der Waals surface area contributed by atoms with Gasteiger partial charge < -0.3 is 16.0 Å². The van der Waals surface area contributed by atoms with Crippen molar-refractivity contribution in [1.29, 1.82) is 0 Å². The fraction of sp³-hybridized carbons (Fsp3) is 0.171. The van der Waals surface area contributed by atoms with Gasteiger partial charge in [-0.2, -0.15) is 52.7 Å². The predicted molar refractivity (Wildman–Crippen MR) is 199 cm³/mol. The Balaban J connectivity index is 1.51. The van der Waals surface area contributed by atoms with Crippen LogP contribution < -0.4 is 20.9 Å². The van der Waals surface area contributed by atoms with Crippen molar-refractivity contribution in [3.8, 4) is 11.1 Å². The van der Waals surface area contributed by atoms with Crippen molar-refractivity contribution in [2.24, 2.45) is 0 Å². The number of hydrogen-bond donors (Lipinski definition) is 3. The molecule has 0 radical (unpaired) electrons. The summed E-state index contributed by atoms with van der Waals surface area (Å²) in [7, 11) is 0. The molecule has 0 aromatic heterocycles. The number of urea groups is 2. The monoisotopic (exact) mass is 836 g/mol. The van der Waals surface area contributed by atoms with E-state index in [-0.39, 0.29) is 34.6 Å². The van der Waals surface area contributed by atoms with Gasteiger partial charge in [-0.1, -0.05) is 60.7 Å². The average Bonchev–Trinajstić information content (AvgIpc) is 3.13. The predicted octanol–water partition coefficient (Wildman–Crippen LogP) is 13.8. The molecule has 0 atom stereocenters. The van der Waals surface area contributed by atoms with Gasteiger partial charge in [0.15, 0.2) is 0 Å². The minimum absolute atomic E-state index is 0.0479. The number of anilines is 4. The van der Waals surface area contributed by atoms with Crippen LogP contribution in [0.5, 0.6) is 0 Å². The molecule has 0 aliphatic heterocycles. The summed E-state index contributed by atoms with van der Waals surface area (Å²) >= 11 is 0. The number of hydrogen-bond acceptors (Lipinski definition) is 2. The van der Waals surface area contributed by atoms with Gasteiger partial charge in [0.1, 0.15) is 0 Å². The lowest BCUT2D eigenvalue weighted by Gasteiger charge is -2.31. The van der Waals surface area contributed by atoms with Crippen molar-refractivity contribution in [1.82, 2.24) is 0 Å². The van der Waals surface area contributed by atoms with Crippen LogP contribution in [0.1, 0.15) is 36.1 Å². The molecule has 6 aromatic carbocycles. The molecule has 0 saturated heterocycles. The molecule has 6 nitrogen and oxygen atoms in total. The van der Waals surface area contributed by atoms with Gasteiger partial charge in [-0.3, -0.25) is 4.90 Å². The largest absolute Gasteiger partial charge is 0.416 e. The van der Waals surface area contributed by atoms with E-state index in [1.165, 1.54) is 26.0 Å². The topological polar surface area (TPSA) is 73.5 Å². The fourth-order valence-electron chi connectivity index (χ4n) is 6.51. The van der Waals surface area contributed by atoms with E-state index >= 15 is 0 Å². The molecule has 0 aliphatic rings. The second-order valence-corrected chi connectivity index (χ2v) is 13.5. The lowest BCUT2D eigenvalue weighted by Crippen LogP contribution is -2.40. The van der Waals surface area contributed by atoms with E-state index in [0.717, 1.165) is 4.90 Å². The Morgan fingerprint density at radius 1 is 0.492 bits per heavy atom. The van der Waals surface area contributed by atoms with E-state index < -0.39 is 76.4 Å². The van der Waals surface area contributed by atoms with E-state index in [4.69, 9.17) is 0 Å². The van der Waals surface area contributed by atoms with Gasteiger partial charge in [-0.05, 0) is 83.9 Å². The lowest BCUT2D eigenvalue weighted by molar-refractivity contribution is -0.144. The highest BCUT2D eigenvalue weighted by atomic mass is 19.4. The first-order valence-corrected chi connectivity index (χ1v) is 17.2. The van der Waals surface area contributed by atoms with Gasteiger partial charge in [0.2, 0.25) is 0 Å². The van der Waals surface area contributed by atoms with Crippen molar-refractivity contribution >= 4 is 56.4 Å². The number of nitrogens with zero attached hydrogens (tertiary/aromatic N) is 1. The maximum absolute atomic E-state index is 14.1. The molecule has 6 rings (SSSR count). The van der Waals surface area contributed by atoms with E-state index in [9.17, 15) is 62.3 Å². The number of carbonyl (C=O) groups excluding carboxylic acids is 2. The van der Waals surface area contributed by atoms with Gasteiger partial charge in [-0.15, -0.1) is 0 Å². The van der Waals surface area contributed by atoms with Gasteiger partial charge in [-0.25, -0.2) is 9.59 Å². The third kappa shape index (κ3) is 9.16. The van der Waals surface area contributed by atoms with Crippen LogP contribution >= 0.6 is 0 Å². The summed E-state index contributed by atoms with van der Waals surface area (Å²) in [5, 5.41) is 8.64. The highest BCUT2D eigenvalue weighted by molar-refractivity contribution is 6.18. The van der Waals surface area contributed by atoms with Crippen LogP contribution in [-0.4, -0.2) is 18.1 Å². The number of nitrogens with one attached hydrogen (secondary N) is 3. The molecule has 0 fully saturated rings. The normalized spacial score (nSPS) is 12.5. The average molecular weight is 837 g/mol. The second-order valence-electron chi connectivity index (χ2n) is 13.5. The first kappa shape index (κ1) is 42.2. The molecule has 0 bridgehead atoms. The maximum Gasteiger partial charge on any atom is 0.416 e. The maximum atomic E-state index is 14.1. The molecule has 3 N–H and O–H groups in total. The van der Waals surface area contributed by atoms with Crippen molar-refractivity contribution in [3.05, 3.63) is 131 Å². The first-order chi connectivity index (χ1) is 27.4. The minimum atomic E-state index is -5.21. The molecular weight excluding hydrogens is 808 g/mol. The van der Waals surface area contributed by atoms with Gasteiger partial charge in [0, 0.05) is 28.5 Å². The van der Waals surface area contributed by atoms with E-state index in [1.54, 1.807) is 60.7 Å². The smallest absolute Gasteiger partial charge is 0.308 e. The van der Waals surface area contributed by atoms with Gasteiger partial charge in [0.05, 0.1) is 33.6 Å². The zero-order valence-electron chi connectivity index (χ0n) is 30.3.